The summed E-state index contributed by atoms with van der Waals surface area (Å²) in [6.45, 7) is 0. The molecule has 0 aliphatic carbocycles. The number of hydrogen-bond acceptors (Lipinski definition) is 3. The average Bonchev–Trinajstić information content (AvgIpc) is 2.47. The van der Waals surface area contributed by atoms with Crippen molar-refractivity contribution in [3.63, 3.8) is 0 Å². The van der Waals surface area contributed by atoms with Crippen LogP contribution in [0.5, 0.6) is 0 Å². The Balaban J connectivity index is 2.26. The summed E-state index contributed by atoms with van der Waals surface area (Å²) in [5.74, 6) is 0. The third-order valence-corrected chi connectivity index (χ3v) is 5.05. The van der Waals surface area contributed by atoms with E-state index < -0.39 is 10.0 Å². The third-order valence-electron chi connectivity index (χ3n) is 3.00. The number of anilines is 2. The van der Waals surface area contributed by atoms with E-state index in [1.54, 1.807) is 36.4 Å². The Kier molecular flexibility index (Phi) is 4.90. The van der Waals surface area contributed by atoms with Gasteiger partial charge in [-0.15, -0.1) is 0 Å². The molecule has 6 heteroatoms. The molecule has 0 aliphatic heterocycles. The van der Waals surface area contributed by atoms with Crippen LogP contribution in [0.2, 0.25) is 0 Å². The molecule has 0 saturated carbocycles. The zero-order chi connectivity index (χ0) is 15.5. The van der Waals surface area contributed by atoms with Crippen LogP contribution in [0.15, 0.2) is 53.4 Å². The lowest BCUT2D eigenvalue weighted by molar-refractivity contribution is 0.601. The smallest absolute Gasteiger partial charge is 0.261 e. The van der Waals surface area contributed by atoms with Gasteiger partial charge in [0.1, 0.15) is 0 Å². The second-order valence-corrected chi connectivity index (χ2v) is 7.07. The fourth-order valence-corrected chi connectivity index (χ4v) is 3.24. The van der Waals surface area contributed by atoms with Crippen molar-refractivity contribution in [2.45, 2.75) is 10.2 Å². The first kappa shape index (κ1) is 15.9. The second-order valence-electron chi connectivity index (χ2n) is 4.83. The zero-order valence-corrected chi connectivity index (χ0v) is 14.3. The highest BCUT2D eigenvalue weighted by Crippen LogP contribution is 2.21. The molecular formula is C15H17BrN2O2S. The van der Waals surface area contributed by atoms with E-state index in [0.29, 0.717) is 11.0 Å². The molecule has 0 atom stereocenters. The van der Waals surface area contributed by atoms with Crippen molar-refractivity contribution < 1.29 is 8.42 Å². The predicted octanol–water partition coefficient (Wildman–Crippen LogP) is 3.45. The summed E-state index contributed by atoms with van der Waals surface area (Å²) in [5, 5.41) is 0.700. The second kappa shape index (κ2) is 6.49. The van der Waals surface area contributed by atoms with Crippen LogP contribution in [-0.4, -0.2) is 22.5 Å². The SMILES string of the molecule is CN(C)c1cccc(NS(=O)(=O)c2ccc(CBr)cc2)c1. The maximum atomic E-state index is 12.3. The minimum atomic E-state index is -3.56. The van der Waals surface area contributed by atoms with Crippen LogP contribution in [0.1, 0.15) is 5.56 Å². The highest BCUT2D eigenvalue weighted by molar-refractivity contribution is 9.08. The molecule has 0 aromatic heterocycles. The quantitative estimate of drug-likeness (QED) is 0.822. The lowest BCUT2D eigenvalue weighted by Gasteiger charge is -2.14. The number of benzene rings is 2. The largest absolute Gasteiger partial charge is 0.378 e. The third kappa shape index (κ3) is 3.98. The van der Waals surface area contributed by atoms with E-state index in [-0.39, 0.29) is 4.90 Å². The van der Waals surface area contributed by atoms with Gasteiger partial charge < -0.3 is 4.90 Å². The van der Waals surface area contributed by atoms with Gasteiger partial charge in [0.25, 0.3) is 10.0 Å². The van der Waals surface area contributed by atoms with Crippen LogP contribution in [0, 0.1) is 0 Å². The molecule has 0 amide bonds. The number of halogens is 1. The van der Waals surface area contributed by atoms with E-state index in [9.17, 15) is 8.42 Å². The molecule has 4 nitrogen and oxygen atoms in total. The van der Waals surface area contributed by atoms with Crippen LogP contribution < -0.4 is 9.62 Å². The van der Waals surface area contributed by atoms with Gasteiger partial charge in [0.05, 0.1) is 10.6 Å². The van der Waals surface area contributed by atoms with Gasteiger partial charge in [-0.1, -0.05) is 34.1 Å². The van der Waals surface area contributed by atoms with Gasteiger partial charge in [-0.05, 0) is 35.9 Å². The van der Waals surface area contributed by atoms with Gasteiger partial charge in [-0.3, -0.25) is 4.72 Å². The van der Waals surface area contributed by atoms with Crippen molar-refractivity contribution in [1.82, 2.24) is 0 Å². The number of alkyl halides is 1. The van der Waals surface area contributed by atoms with E-state index >= 15 is 0 Å². The molecule has 0 saturated heterocycles. The molecule has 2 aromatic carbocycles. The molecule has 0 aliphatic rings. The van der Waals surface area contributed by atoms with E-state index in [1.165, 1.54) is 0 Å². The number of hydrogen-bond donors (Lipinski definition) is 1. The van der Waals surface area contributed by atoms with Crippen molar-refractivity contribution in [2.75, 3.05) is 23.7 Å². The Morgan fingerprint density at radius 2 is 1.76 bits per heavy atom. The molecule has 0 unspecified atom stereocenters. The first-order chi connectivity index (χ1) is 9.92. The van der Waals surface area contributed by atoms with Crippen LogP contribution in [0.25, 0.3) is 0 Å². The maximum Gasteiger partial charge on any atom is 0.261 e. The molecule has 112 valence electrons. The fraction of sp³-hybridized carbons (Fsp3) is 0.200. The lowest BCUT2D eigenvalue weighted by atomic mass is 10.2. The van der Waals surface area contributed by atoms with Gasteiger partial charge in [-0.25, -0.2) is 8.42 Å². The summed E-state index contributed by atoms with van der Waals surface area (Å²) in [6.07, 6.45) is 0. The van der Waals surface area contributed by atoms with Gasteiger partial charge in [0, 0.05) is 25.1 Å². The Bertz CT molecular complexity index is 713. The van der Waals surface area contributed by atoms with Crippen molar-refractivity contribution >= 4 is 37.3 Å². The molecule has 2 aromatic rings. The zero-order valence-electron chi connectivity index (χ0n) is 11.9. The first-order valence-electron chi connectivity index (χ1n) is 6.37. The van der Waals surface area contributed by atoms with Gasteiger partial charge >= 0.3 is 0 Å². The van der Waals surface area contributed by atoms with E-state index in [2.05, 4.69) is 20.7 Å². The Morgan fingerprint density at radius 1 is 1.10 bits per heavy atom. The number of rotatable bonds is 5. The average molecular weight is 369 g/mol. The maximum absolute atomic E-state index is 12.3. The predicted molar refractivity (Wildman–Crippen MR) is 90.7 cm³/mol. The normalized spacial score (nSPS) is 11.2. The van der Waals surface area contributed by atoms with E-state index in [1.807, 2.05) is 31.1 Å². The molecular weight excluding hydrogens is 352 g/mol. The summed E-state index contributed by atoms with van der Waals surface area (Å²) in [6, 6.07) is 14.1. The molecule has 0 radical (unpaired) electrons. The molecule has 0 fully saturated rings. The summed E-state index contributed by atoms with van der Waals surface area (Å²) < 4.78 is 27.3. The minimum absolute atomic E-state index is 0.252. The summed E-state index contributed by atoms with van der Waals surface area (Å²) in [4.78, 5) is 2.17. The molecule has 2 rings (SSSR count). The van der Waals surface area contributed by atoms with E-state index in [4.69, 9.17) is 0 Å². The lowest BCUT2D eigenvalue weighted by Crippen LogP contribution is -2.14. The van der Waals surface area contributed by atoms with Gasteiger partial charge in [-0.2, -0.15) is 0 Å². The van der Waals surface area contributed by atoms with Crippen molar-refractivity contribution in [1.29, 1.82) is 0 Å². The van der Waals surface area contributed by atoms with Crippen molar-refractivity contribution in [3.05, 3.63) is 54.1 Å². The van der Waals surface area contributed by atoms with Crippen LogP contribution >= 0.6 is 15.9 Å². The van der Waals surface area contributed by atoms with Crippen molar-refractivity contribution in [3.8, 4) is 0 Å². The summed E-state index contributed by atoms with van der Waals surface area (Å²) in [7, 11) is 0.254. The Morgan fingerprint density at radius 3 is 2.33 bits per heavy atom. The summed E-state index contributed by atoms with van der Waals surface area (Å²) >= 11 is 3.34. The monoisotopic (exact) mass is 368 g/mol. The fourth-order valence-electron chi connectivity index (χ4n) is 1.82. The van der Waals surface area contributed by atoms with Crippen LogP contribution in [0.4, 0.5) is 11.4 Å². The topological polar surface area (TPSA) is 49.4 Å². The number of sulfonamides is 1. The Labute approximate surface area is 134 Å². The van der Waals surface area contributed by atoms with Gasteiger partial charge in [0.15, 0.2) is 0 Å². The Hall–Kier alpha value is -1.53. The number of nitrogens with one attached hydrogen (secondary N) is 1. The molecule has 0 heterocycles. The van der Waals surface area contributed by atoms with Crippen LogP contribution in [0.3, 0.4) is 0 Å². The highest BCUT2D eigenvalue weighted by atomic mass is 79.9. The summed E-state index contributed by atoms with van der Waals surface area (Å²) in [5.41, 5.74) is 2.51. The molecule has 1 N–H and O–H groups in total. The van der Waals surface area contributed by atoms with Crippen LogP contribution in [-0.2, 0) is 15.4 Å². The minimum Gasteiger partial charge on any atom is -0.378 e. The van der Waals surface area contributed by atoms with Crippen molar-refractivity contribution in [2.24, 2.45) is 0 Å². The molecule has 0 bridgehead atoms. The van der Waals surface area contributed by atoms with E-state index in [0.717, 1.165) is 11.3 Å². The standard InChI is InChI=1S/C15H17BrN2O2S/c1-18(2)14-5-3-4-13(10-14)17-21(19,20)15-8-6-12(11-16)7-9-15/h3-10,17H,11H2,1-2H3. The first-order valence-corrected chi connectivity index (χ1v) is 8.98. The molecule has 0 spiro atoms. The highest BCUT2D eigenvalue weighted by Gasteiger charge is 2.14. The molecule has 21 heavy (non-hydrogen) atoms. The van der Waals surface area contributed by atoms with Gasteiger partial charge in [0.2, 0.25) is 0 Å². The number of nitrogens with zero attached hydrogens (tertiary/aromatic N) is 1.